The zero-order chi connectivity index (χ0) is 22.8. The van der Waals surface area contributed by atoms with Gasteiger partial charge in [-0.3, -0.25) is 0 Å². The number of ether oxygens (including phenoxy) is 1. The zero-order valence-corrected chi connectivity index (χ0v) is 19.1. The lowest BCUT2D eigenvalue weighted by atomic mass is 10.1. The van der Waals surface area contributed by atoms with Crippen LogP contribution >= 0.6 is 0 Å². The molecule has 1 N–H and O–H groups in total. The number of hydrogen-bond acceptors (Lipinski definition) is 6. The lowest BCUT2D eigenvalue weighted by molar-refractivity contribution is 0.0730. The van der Waals surface area contributed by atoms with Crippen LogP contribution in [-0.2, 0) is 24.8 Å². The molecule has 2 heterocycles. The molecule has 1 unspecified atom stereocenters. The number of rotatable bonds is 7. The Bertz CT molecular complexity index is 1250. The van der Waals surface area contributed by atoms with E-state index in [4.69, 9.17) is 4.74 Å². The van der Waals surface area contributed by atoms with Crippen LogP contribution < -0.4 is 4.72 Å². The topological polar surface area (TPSA) is 111 Å². The van der Waals surface area contributed by atoms with Gasteiger partial charge in [-0.2, -0.15) is 4.31 Å². The summed E-state index contributed by atoms with van der Waals surface area (Å²) in [6.07, 6.45) is 5.19. The van der Waals surface area contributed by atoms with Gasteiger partial charge in [-0.15, -0.1) is 0 Å². The number of nitrogens with one attached hydrogen (secondary N) is 1. The van der Waals surface area contributed by atoms with Gasteiger partial charge in [-0.05, 0) is 48.9 Å². The van der Waals surface area contributed by atoms with Crippen LogP contribution in [0, 0.1) is 0 Å². The van der Waals surface area contributed by atoms with Crippen molar-refractivity contribution in [2.24, 2.45) is 0 Å². The normalized spacial score (nSPS) is 16.7. The van der Waals surface area contributed by atoms with Crippen molar-refractivity contribution >= 4 is 20.0 Å². The van der Waals surface area contributed by atoms with E-state index in [0.717, 1.165) is 11.3 Å². The molecule has 1 aromatic heterocycles. The minimum atomic E-state index is -3.84. The molecular weight excluding hydrogens is 452 g/mol. The van der Waals surface area contributed by atoms with Gasteiger partial charge in [0.05, 0.1) is 29.3 Å². The first-order chi connectivity index (χ1) is 15.3. The number of imidazole rings is 1. The standard InChI is InChI=1S/C21H24N4O5S2/c1-17(18-2-4-19(5-3-18)24-11-10-22-16-24)23-31(26,27)20-6-8-21(9-7-20)32(28,29)25-12-14-30-15-13-25/h2-11,16-17,23H,12-15H2,1H3. The van der Waals surface area contributed by atoms with Crippen LogP contribution in [0.1, 0.15) is 18.5 Å². The van der Waals surface area contributed by atoms with E-state index in [-0.39, 0.29) is 22.9 Å². The highest BCUT2D eigenvalue weighted by Gasteiger charge is 2.27. The van der Waals surface area contributed by atoms with E-state index in [0.29, 0.717) is 13.2 Å². The fourth-order valence-corrected chi connectivity index (χ4v) is 6.08. The van der Waals surface area contributed by atoms with Crippen LogP contribution in [0.25, 0.3) is 5.69 Å². The molecule has 0 aliphatic carbocycles. The van der Waals surface area contributed by atoms with Crippen molar-refractivity contribution in [3.8, 4) is 5.69 Å². The molecule has 1 aliphatic rings. The van der Waals surface area contributed by atoms with Crippen LogP contribution in [0.4, 0.5) is 0 Å². The number of nitrogens with zero attached hydrogens (tertiary/aromatic N) is 3. The molecule has 0 bridgehead atoms. The second-order valence-electron chi connectivity index (χ2n) is 7.39. The van der Waals surface area contributed by atoms with Crippen molar-refractivity contribution in [1.82, 2.24) is 18.6 Å². The zero-order valence-electron chi connectivity index (χ0n) is 17.5. The molecule has 0 saturated carbocycles. The fourth-order valence-electron chi connectivity index (χ4n) is 3.44. The van der Waals surface area contributed by atoms with E-state index < -0.39 is 26.1 Å². The number of benzene rings is 2. The van der Waals surface area contributed by atoms with Gasteiger partial charge in [0, 0.05) is 37.2 Å². The summed E-state index contributed by atoms with van der Waals surface area (Å²) in [5, 5.41) is 0. The maximum atomic E-state index is 12.8. The Morgan fingerprint density at radius 1 is 0.938 bits per heavy atom. The SMILES string of the molecule is CC(NS(=O)(=O)c1ccc(S(=O)(=O)N2CCOCC2)cc1)c1ccc(-n2ccnc2)cc1. The Labute approximate surface area is 187 Å². The molecule has 170 valence electrons. The van der Waals surface area contributed by atoms with Gasteiger partial charge in [0.2, 0.25) is 20.0 Å². The Kier molecular flexibility index (Phi) is 6.45. The van der Waals surface area contributed by atoms with E-state index in [1.54, 1.807) is 19.4 Å². The molecule has 0 spiro atoms. The third-order valence-corrected chi connectivity index (χ3v) is 8.74. The summed E-state index contributed by atoms with van der Waals surface area (Å²) < 4.78 is 62.1. The maximum absolute atomic E-state index is 12.8. The van der Waals surface area contributed by atoms with E-state index in [2.05, 4.69) is 9.71 Å². The first-order valence-electron chi connectivity index (χ1n) is 10.1. The van der Waals surface area contributed by atoms with Gasteiger partial charge in [0.15, 0.2) is 0 Å². The predicted molar refractivity (Wildman–Crippen MR) is 118 cm³/mol. The first kappa shape index (κ1) is 22.6. The molecular formula is C21H24N4O5S2. The number of hydrogen-bond donors (Lipinski definition) is 1. The van der Waals surface area contributed by atoms with E-state index in [1.165, 1.54) is 28.6 Å². The summed E-state index contributed by atoms with van der Waals surface area (Å²) >= 11 is 0. The van der Waals surface area contributed by atoms with Crippen LogP contribution in [0.2, 0.25) is 0 Å². The van der Waals surface area contributed by atoms with Crippen LogP contribution in [-0.4, -0.2) is 57.0 Å². The largest absolute Gasteiger partial charge is 0.379 e. The van der Waals surface area contributed by atoms with Gasteiger partial charge in [-0.25, -0.2) is 26.5 Å². The third-order valence-electron chi connectivity index (χ3n) is 5.27. The van der Waals surface area contributed by atoms with Crippen LogP contribution in [0.3, 0.4) is 0 Å². The Balaban J connectivity index is 1.47. The molecule has 3 aromatic rings. The molecule has 9 nitrogen and oxygen atoms in total. The Morgan fingerprint density at radius 3 is 2.16 bits per heavy atom. The average Bonchev–Trinajstić information content (AvgIpc) is 3.35. The second kappa shape index (κ2) is 9.12. The Morgan fingerprint density at radius 2 is 1.56 bits per heavy atom. The number of aromatic nitrogens is 2. The lowest BCUT2D eigenvalue weighted by Gasteiger charge is -2.26. The predicted octanol–water partition coefficient (Wildman–Crippen LogP) is 1.93. The third kappa shape index (κ3) is 4.76. The van der Waals surface area contributed by atoms with Crippen LogP contribution in [0.15, 0.2) is 77.0 Å². The molecule has 1 saturated heterocycles. The van der Waals surface area contributed by atoms with Crippen molar-refractivity contribution in [3.63, 3.8) is 0 Å². The summed E-state index contributed by atoms with van der Waals surface area (Å²) in [7, 11) is -7.52. The molecule has 11 heteroatoms. The summed E-state index contributed by atoms with van der Waals surface area (Å²) in [5.74, 6) is 0. The quantitative estimate of drug-likeness (QED) is 0.558. The summed E-state index contributed by atoms with van der Waals surface area (Å²) in [6.45, 7) is 3.00. The van der Waals surface area contributed by atoms with Gasteiger partial charge in [0.25, 0.3) is 0 Å². The van der Waals surface area contributed by atoms with E-state index in [9.17, 15) is 16.8 Å². The van der Waals surface area contributed by atoms with E-state index in [1.807, 2.05) is 35.0 Å². The highest BCUT2D eigenvalue weighted by atomic mass is 32.2. The number of sulfonamides is 2. The van der Waals surface area contributed by atoms with Crippen molar-refractivity contribution in [3.05, 3.63) is 72.8 Å². The molecule has 2 aromatic carbocycles. The van der Waals surface area contributed by atoms with Crippen LogP contribution in [0.5, 0.6) is 0 Å². The monoisotopic (exact) mass is 476 g/mol. The fraction of sp³-hybridized carbons (Fsp3) is 0.286. The molecule has 0 radical (unpaired) electrons. The van der Waals surface area contributed by atoms with Crippen molar-refractivity contribution in [2.45, 2.75) is 22.8 Å². The molecule has 1 fully saturated rings. The summed E-state index contributed by atoms with van der Waals surface area (Å²) in [4.78, 5) is 4.07. The minimum Gasteiger partial charge on any atom is -0.379 e. The summed E-state index contributed by atoms with van der Waals surface area (Å²) in [5.41, 5.74) is 1.71. The van der Waals surface area contributed by atoms with Gasteiger partial charge in [0.1, 0.15) is 0 Å². The second-order valence-corrected chi connectivity index (χ2v) is 11.0. The number of morpholine rings is 1. The van der Waals surface area contributed by atoms with Gasteiger partial charge >= 0.3 is 0 Å². The lowest BCUT2D eigenvalue weighted by Crippen LogP contribution is -2.40. The first-order valence-corrected chi connectivity index (χ1v) is 13.0. The summed E-state index contributed by atoms with van der Waals surface area (Å²) in [6, 6.07) is 12.2. The average molecular weight is 477 g/mol. The molecule has 1 atom stereocenters. The molecule has 4 rings (SSSR count). The van der Waals surface area contributed by atoms with Crippen molar-refractivity contribution < 1.29 is 21.6 Å². The Hall–Kier alpha value is -2.57. The van der Waals surface area contributed by atoms with Crippen molar-refractivity contribution in [1.29, 1.82) is 0 Å². The van der Waals surface area contributed by atoms with Crippen molar-refractivity contribution in [2.75, 3.05) is 26.3 Å². The van der Waals surface area contributed by atoms with Gasteiger partial charge in [-0.1, -0.05) is 12.1 Å². The van der Waals surface area contributed by atoms with E-state index >= 15 is 0 Å². The molecule has 0 amide bonds. The molecule has 1 aliphatic heterocycles. The minimum absolute atomic E-state index is 0.000290. The molecule has 32 heavy (non-hydrogen) atoms. The highest BCUT2D eigenvalue weighted by molar-refractivity contribution is 7.89. The highest BCUT2D eigenvalue weighted by Crippen LogP contribution is 2.22. The maximum Gasteiger partial charge on any atom is 0.243 e. The smallest absolute Gasteiger partial charge is 0.243 e. The van der Waals surface area contributed by atoms with Gasteiger partial charge < -0.3 is 9.30 Å².